The number of hydrogen-bond donors (Lipinski definition) is 0. The molecule has 3 heterocycles. The van der Waals surface area contributed by atoms with Crippen molar-refractivity contribution in [2.24, 2.45) is 0 Å². The first-order chi connectivity index (χ1) is 7.83. The molecule has 0 amide bonds. The monoisotopic (exact) mass is 282 g/mol. The Kier molecular flexibility index (Phi) is 2.53. The average molecular weight is 283 g/mol. The summed E-state index contributed by atoms with van der Waals surface area (Å²) in [5, 5.41) is 4.44. The molecule has 84 valence electrons. The van der Waals surface area contributed by atoms with E-state index in [4.69, 9.17) is 4.74 Å². The molecule has 16 heavy (non-hydrogen) atoms. The number of halogens is 1. The SMILES string of the molecule is Brc1ccc2nc(N3CCOCC3)nn2c1. The Hall–Kier alpha value is -1.14. The predicted molar refractivity (Wildman–Crippen MR) is 63.7 cm³/mol. The highest BCUT2D eigenvalue weighted by atomic mass is 79.9. The van der Waals surface area contributed by atoms with E-state index in [1.54, 1.807) is 4.52 Å². The van der Waals surface area contributed by atoms with Gasteiger partial charge in [-0.2, -0.15) is 4.98 Å². The first-order valence-electron chi connectivity index (χ1n) is 5.17. The topological polar surface area (TPSA) is 42.7 Å². The number of nitrogens with zero attached hydrogens (tertiary/aromatic N) is 4. The quantitative estimate of drug-likeness (QED) is 0.792. The zero-order chi connectivity index (χ0) is 11.0. The molecule has 0 saturated carbocycles. The maximum absolute atomic E-state index is 5.30. The number of morpholine rings is 1. The van der Waals surface area contributed by atoms with Gasteiger partial charge in [0.1, 0.15) is 0 Å². The van der Waals surface area contributed by atoms with E-state index in [1.165, 1.54) is 0 Å². The molecule has 1 saturated heterocycles. The van der Waals surface area contributed by atoms with Crippen LogP contribution >= 0.6 is 15.9 Å². The zero-order valence-electron chi connectivity index (χ0n) is 8.64. The maximum atomic E-state index is 5.30. The molecule has 0 radical (unpaired) electrons. The van der Waals surface area contributed by atoms with Crippen LogP contribution in [0.1, 0.15) is 0 Å². The summed E-state index contributed by atoms with van der Waals surface area (Å²) in [6.45, 7) is 3.22. The van der Waals surface area contributed by atoms with Crippen LogP contribution in [0.4, 0.5) is 5.95 Å². The molecule has 2 aromatic heterocycles. The molecule has 5 nitrogen and oxygen atoms in total. The lowest BCUT2D eigenvalue weighted by atomic mass is 10.4. The second-order valence-electron chi connectivity index (χ2n) is 3.66. The number of hydrogen-bond acceptors (Lipinski definition) is 4. The molecule has 3 rings (SSSR count). The number of pyridine rings is 1. The van der Waals surface area contributed by atoms with Crippen LogP contribution in [-0.4, -0.2) is 40.9 Å². The molecule has 0 unspecified atom stereocenters. The number of anilines is 1. The molecule has 0 atom stereocenters. The molecule has 0 aromatic carbocycles. The maximum Gasteiger partial charge on any atom is 0.245 e. The van der Waals surface area contributed by atoms with E-state index in [-0.39, 0.29) is 0 Å². The van der Waals surface area contributed by atoms with Crippen molar-refractivity contribution in [3.63, 3.8) is 0 Å². The Labute approximate surface area is 101 Å². The number of rotatable bonds is 1. The van der Waals surface area contributed by atoms with Crippen LogP contribution < -0.4 is 4.90 Å². The zero-order valence-corrected chi connectivity index (χ0v) is 10.2. The van der Waals surface area contributed by atoms with E-state index in [2.05, 4.69) is 30.9 Å². The van der Waals surface area contributed by atoms with E-state index in [9.17, 15) is 0 Å². The van der Waals surface area contributed by atoms with Gasteiger partial charge in [-0.1, -0.05) is 0 Å². The molecule has 1 aliphatic rings. The third-order valence-electron chi connectivity index (χ3n) is 2.58. The standard InChI is InChI=1S/C10H11BrN4O/c11-8-1-2-9-12-10(13-15(9)7-8)14-3-5-16-6-4-14/h1-2,7H,3-6H2. The normalized spacial score (nSPS) is 16.9. The van der Waals surface area contributed by atoms with Crippen LogP contribution in [0.25, 0.3) is 5.65 Å². The number of aromatic nitrogens is 3. The Morgan fingerprint density at radius 3 is 2.88 bits per heavy atom. The van der Waals surface area contributed by atoms with Gasteiger partial charge in [-0.05, 0) is 28.1 Å². The van der Waals surface area contributed by atoms with Crippen molar-refractivity contribution < 1.29 is 4.74 Å². The smallest absolute Gasteiger partial charge is 0.245 e. The summed E-state index contributed by atoms with van der Waals surface area (Å²) in [5.41, 5.74) is 0.865. The summed E-state index contributed by atoms with van der Waals surface area (Å²) in [6, 6.07) is 3.91. The summed E-state index contributed by atoms with van der Waals surface area (Å²) in [7, 11) is 0. The van der Waals surface area contributed by atoms with Gasteiger partial charge in [-0.25, -0.2) is 4.52 Å². The third-order valence-corrected chi connectivity index (χ3v) is 3.05. The second kappa shape index (κ2) is 4.03. The van der Waals surface area contributed by atoms with E-state index in [1.807, 2.05) is 18.3 Å². The predicted octanol–water partition coefficient (Wildman–Crippen LogP) is 1.33. The molecular formula is C10H11BrN4O. The Morgan fingerprint density at radius 2 is 2.06 bits per heavy atom. The average Bonchev–Trinajstić information content (AvgIpc) is 2.73. The van der Waals surface area contributed by atoms with Crippen molar-refractivity contribution in [1.29, 1.82) is 0 Å². The van der Waals surface area contributed by atoms with Gasteiger partial charge in [0.15, 0.2) is 5.65 Å². The first-order valence-corrected chi connectivity index (χ1v) is 5.97. The van der Waals surface area contributed by atoms with Gasteiger partial charge >= 0.3 is 0 Å². The first kappa shape index (κ1) is 10.0. The lowest BCUT2D eigenvalue weighted by molar-refractivity contribution is 0.122. The molecular weight excluding hydrogens is 272 g/mol. The Balaban J connectivity index is 1.97. The summed E-state index contributed by atoms with van der Waals surface area (Å²) < 4.78 is 8.09. The lowest BCUT2D eigenvalue weighted by Crippen LogP contribution is -2.36. The van der Waals surface area contributed by atoms with Gasteiger partial charge < -0.3 is 9.64 Å². The third kappa shape index (κ3) is 1.78. The van der Waals surface area contributed by atoms with Crippen molar-refractivity contribution >= 4 is 27.5 Å². The van der Waals surface area contributed by atoms with Crippen LogP contribution in [0.15, 0.2) is 22.8 Å². The molecule has 2 aromatic rings. The van der Waals surface area contributed by atoms with Crippen LogP contribution in [0, 0.1) is 0 Å². The minimum atomic E-state index is 0.749. The van der Waals surface area contributed by atoms with Gasteiger partial charge in [0.25, 0.3) is 0 Å². The van der Waals surface area contributed by atoms with Gasteiger partial charge in [-0.3, -0.25) is 0 Å². The van der Waals surface area contributed by atoms with Crippen molar-refractivity contribution in [2.45, 2.75) is 0 Å². The highest BCUT2D eigenvalue weighted by Gasteiger charge is 2.15. The minimum absolute atomic E-state index is 0.749. The lowest BCUT2D eigenvalue weighted by Gasteiger charge is -2.25. The fraction of sp³-hybridized carbons (Fsp3) is 0.400. The van der Waals surface area contributed by atoms with Crippen LogP contribution in [0.3, 0.4) is 0 Å². The van der Waals surface area contributed by atoms with Gasteiger partial charge in [0, 0.05) is 23.8 Å². The molecule has 0 N–H and O–H groups in total. The number of fused-ring (bicyclic) bond motifs is 1. The van der Waals surface area contributed by atoms with Gasteiger partial charge in [0.05, 0.1) is 13.2 Å². The van der Waals surface area contributed by atoms with Gasteiger partial charge in [0.2, 0.25) is 5.95 Å². The minimum Gasteiger partial charge on any atom is -0.378 e. The summed E-state index contributed by atoms with van der Waals surface area (Å²) in [4.78, 5) is 6.62. The second-order valence-corrected chi connectivity index (χ2v) is 4.58. The fourth-order valence-electron chi connectivity index (χ4n) is 1.74. The molecule has 0 aliphatic carbocycles. The fourth-order valence-corrected chi connectivity index (χ4v) is 2.07. The Morgan fingerprint density at radius 1 is 1.25 bits per heavy atom. The molecule has 1 fully saturated rings. The van der Waals surface area contributed by atoms with E-state index < -0.39 is 0 Å². The van der Waals surface area contributed by atoms with Crippen molar-refractivity contribution in [2.75, 3.05) is 31.2 Å². The molecule has 1 aliphatic heterocycles. The van der Waals surface area contributed by atoms with Crippen LogP contribution in [0.2, 0.25) is 0 Å². The summed E-state index contributed by atoms with van der Waals surface area (Å²) in [5.74, 6) is 0.779. The van der Waals surface area contributed by atoms with Gasteiger partial charge in [-0.15, -0.1) is 5.10 Å². The number of ether oxygens (including phenoxy) is 1. The van der Waals surface area contributed by atoms with Crippen molar-refractivity contribution in [3.05, 3.63) is 22.8 Å². The summed E-state index contributed by atoms with van der Waals surface area (Å²) >= 11 is 3.42. The highest BCUT2D eigenvalue weighted by Crippen LogP contribution is 2.15. The van der Waals surface area contributed by atoms with Crippen molar-refractivity contribution in [1.82, 2.24) is 14.6 Å². The Bertz CT molecular complexity index is 506. The van der Waals surface area contributed by atoms with E-state index in [0.717, 1.165) is 42.4 Å². The molecule has 0 bridgehead atoms. The molecule has 6 heteroatoms. The molecule has 0 spiro atoms. The largest absolute Gasteiger partial charge is 0.378 e. The van der Waals surface area contributed by atoms with E-state index in [0.29, 0.717) is 0 Å². The summed E-state index contributed by atoms with van der Waals surface area (Å²) in [6.07, 6.45) is 1.91. The van der Waals surface area contributed by atoms with Crippen LogP contribution in [-0.2, 0) is 4.74 Å². The highest BCUT2D eigenvalue weighted by molar-refractivity contribution is 9.10. The van der Waals surface area contributed by atoms with E-state index >= 15 is 0 Å². The van der Waals surface area contributed by atoms with Crippen molar-refractivity contribution in [3.8, 4) is 0 Å². The van der Waals surface area contributed by atoms with Crippen LogP contribution in [0.5, 0.6) is 0 Å².